The van der Waals surface area contributed by atoms with Crippen LogP contribution in [0.15, 0.2) is 48.5 Å². The van der Waals surface area contributed by atoms with Crippen LogP contribution in [0.5, 0.6) is 0 Å². The largest absolute Gasteiger partial charge is 0.289 e. The standard InChI is InChI=1S/C17H15NO3/c1-12-3-4-13(2)16(11-12)17(19)10-7-14-5-8-15(9-6-14)18(20)21/h3-11H,1-2H3/b10-7+. The van der Waals surface area contributed by atoms with Gasteiger partial charge in [-0.3, -0.25) is 14.9 Å². The number of rotatable bonds is 4. The molecular formula is C17H15NO3. The summed E-state index contributed by atoms with van der Waals surface area (Å²) < 4.78 is 0. The van der Waals surface area contributed by atoms with Crippen molar-refractivity contribution in [1.29, 1.82) is 0 Å². The summed E-state index contributed by atoms with van der Waals surface area (Å²) >= 11 is 0. The fourth-order valence-corrected chi connectivity index (χ4v) is 1.97. The molecule has 0 bridgehead atoms. The lowest BCUT2D eigenvalue weighted by Crippen LogP contribution is -1.98. The first-order chi connectivity index (χ1) is 9.97. The van der Waals surface area contributed by atoms with Crippen molar-refractivity contribution in [3.05, 3.63) is 80.9 Å². The lowest BCUT2D eigenvalue weighted by molar-refractivity contribution is -0.384. The molecule has 0 saturated carbocycles. The Bertz CT molecular complexity index is 715. The van der Waals surface area contributed by atoms with Crippen molar-refractivity contribution >= 4 is 17.5 Å². The molecule has 0 fully saturated rings. The first-order valence-corrected chi connectivity index (χ1v) is 6.51. The lowest BCUT2D eigenvalue weighted by atomic mass is 10.0. The van der Waals surface area contributed by atoms with Crippen LogP contribution in [0.2, 0.25) is 0 Å². The molecule has 2 aromatic rings. The number of benzene rings is 2. The Hall–Kier alpha value is -2.75. The number of carbonyl (C=O) groups is 1. The van der Waals surface area contributed by atoms with Crippen molar-refractivity contribution < 1.29 is 9.72 Å². The predicted molar refractivity (Wildman–Crippen MR) is 82.4 cm³/mol. The number of non-ortho nitro benzene ring substituents is 1. The average Bonchev–Trinajstić information content (AvgIpc) is 2.47. The minimum absolute atomic E-state index is 0.0352. The third-order valence-electron chi connectivity index (χ3n) is 3.19. The maximum atomic E-state index is 12.2. The molecule has 106 valence electrons. The van der Waals surface area contributed by atoms with Gasteiger partial charge in [-0.15, -0.1) is 0 Å². The Labute approximate surface area is 122 Å². The van der Waals surface area contributed by atoms with Gasteiger partial charge >= 0.3 is 0 Å². The minimum Gasteiger partial charge on any atom is -0.289 e. The number of ketones is 1. The van der Waals surface area contributed by atoms with Gasteiger partial charge in [0.15, 0.2) is 5.78 Å². The van der Waals surface area contributed by atoms with E-state index in [2.05, 4.69) is 0 Å². The van der Waals surface area contributed by atoms with E-state index in [-0.39, 0.29) is 11.5 Å². The Balaban J connectivity index is 2.18. The second-order valence-corrected chi connectivity index (χ2v) is 4.86. The monoisotopic (exact) mass is 281 g/mol. The molecule has 0 aliphatic heterocycles. The van der Waals surface area contributed by atoms with Gasteiger partial charge in [-0.1, -0.05) is 23.8 Å². The summed E-state index contributed by atoms with van der Waals surface area (Å²) in [4.78, 5) is 22.3. The second kappa shape index (κ2) is 6.13. The van der Waals surface area contributed by atoms with E-state index in [1.54, 1.807) is 18.2 Å². The Morgan fingerprint density at radius 3 is 2.38 bits per heavy atom. The third-order valence-corrected chi connectivity index (χ3v) is 3.19. The molecule has 0 unspecified atom stereocenters. The highest BCUT2D eigenvalue weighted by Crippen LogP contribution is 2.15. The lowest BCUT2D eigenvalue weighted by Gasteiger charge is -2.03. The van der Waals surface area contributed by atoms with Crippen LogP contribution in [0.4, 0.5) is 5.69 Å². The van der Waals surface area contributed by atoms with E-state index in [4.69, 9.17) is 0 Å². The van der Waals surface area contributed by atoms with Crippen LogP contribution in [-0.2, 0) is 0 Å². The summed E-state index contributed by atoms with van der Waals surface area (Å²) in [6.45, 7) is 3.84. The molecule has 0 radical (unpaired) electrons. The van der Waals surface area contributed by atoms with E-state index in [9.17, 15) is 14.9 Å². The molecule has 0 aliphatic rings. The number of hydrogen-bond acceptors (Lipinski definition) is 3. The molecule has 0 aliphatic carbocycles. The van der Waals surface area contributed by atoms with Crippen molar-refractivity contribution in [2.75, 3.05) is 0 Å². The fraction of sp³-hybridized carbons (Fsp3) is 0.118. The molecular weight excluding hydrogens is 266 g/mol. The van der Waals surface area contributed by atoms with E-state index < -0.39 is 4.92 Å². The number of aryl methyl sites for hydroxylation is 2. The van der Waals surface area contributed by atoms with E-state index in [1.165, 1.54) is 18.2 Å². The molecule has 2 aromatic carbocycles. The second-order valence-electron chi connectivity index (χ2n) is 4.86. The zero-order valence-corrected chi connectivity index (χ0v) is 11.9. The van der Waals surface area contributed by atoms with Gasteiger partial charge in [-0.25, -0.2) is 0 Å². The van der Waals surface area contributed by atoms with Gasteiger partial charge in [0.05, 0.1) is 4.92 Å². The number of carbonyl (C=O) groups excluding carboxylic acids is 1. The number of allylic oxidation sites excluding steroid dienone is 1. The summed E-state index contributed by atoms with van der Waals surface area (Å²) in [5.41, 5.74) is 3.42. The summed E-state index contributed by atoms with van der Waals surface area (Å²) in [5, 5.41) is 10.6. The molecule has 0 N–H and O–H groups in total. The Morgan fingerprint density at radius 2 is 1.76 bits per heavy atom. The summed E-state index contributed by atoms with van der Waals surface area (Å²) in [5.74, 6) is -0.0745. The van der Waals surface area contributed by atoms with Gasteiger partial charge in [0.2, 0.25) is 0 Å². The Kier molecular flexibility index (Phi) is 4.28. The van der Waals surface area contributed by atoms with Crippen LogP contribution >= 0.6 is 0 Å². The maximum absolute atomic E-state index is 12.2. The molecule has 21 heavy (non-hydrogen) atoms. The highest BCUT2D eigenvalue weighted by molar-refractivity contribution is 6.07. The van der Waals surface area contributed by atoms with Crippen LogP contribution in [0.3, 0.4) is 0 Å². The molecule has 0 heterocycles. The molecule has 0 aromatic heterocycles. The molecule has 0 saturated heterocycles. The predicted octanol–water partition coefficient (Wildman–Crippen LogP) is 4.11. The fourth-order valence-electron chi connectivity index (χ4n) is 1.97. The third kappa shape index (κ3) is 3.63. The molecule has 0 spiro atoms. The van der Waals surface area contributed by atoms with Gasteiger partial charge in [-0.05, 0) is 49.2 Å². The van der Waals surface area contributed by atoms with Crippen molar-refractivity contribution in [1.82, 2.24) is 0 Å². The van der Waals surface area contributed by atoms with E-state index in [1.807, 2.05) is 32.0 Å². The highest BCUT2D eigenvalue weighted by atomic mass is 16.6. The first kappa shape index (κ1) is 14.7. The van der Waals surface area contributed by atoms with Gasteiger partial charge in [0.25, 0.3) is 5.69 Å². The zero-order chi connectivity index (χ0) is 15.4. The number of hydrogen-bond donors (Lipinski definition) is 0. The van der Waals surface area contributed by atoms with Crippen LogP contribution < -0.4 is 0 Å². The van der Waals surface area contributed by atoms with Crippen LogP contribution in [-0.4, -0.2) is 10.7 Å². The summed E-state index contributed by atoms with van der Waals surface area (Å²) in [6.07, 6.45) is 3.15. The van der Waals surface area contributed by atoms with Crippen molar-refractivity contribution in [2.24, 2.45) is 0 Å². The van der Waals surface area contributed by atoms with Crippen LogP contribution in [0, 0.1) is 24.0 Å². The minimum atomic E-state index is -0.450. The number of nitrogens with zero attached hydrogens (tertiary/aromatic N) is 1. The topological polar surface area (TPSA) is 60.2 Å². The molecule has 4 heteroatoms. The quantitative estimate of drug-likeness (QED) is 0.367. The van der Waals surface area contributed by atoms with Gasteiger partial charge in [0, 0.05) is 17.7 Å². The maximum Gasteiger partial charge on any atom is 0.269 e. The summed E-state index contributed by atoms with van der Waals surface area (Å²) in [7, 11) is 0. The molecule has 4 nitrogen and oxygen atoms in total. The summed E-state index contributed by atoms with van der Waals surface area (Å²) in [6, 6.07) is 11.8. The van der Waals surface area contributed by atoms with Gasteiger partial charge < -0.3 is 0 Å². The van der Waals surface area contributed by atoms with Crippen molar-refractivity contribution in [3.63, 3.8) is 0 Å². The van der Waals surface area contributed by atoms with E-state index >= 15 is 0 Å². The molecule has 0 atom stereocenters. The van der Waals surface area contributed by atoms with Gasteiger partial charge in [0.1, 0.15) is 0 Å². The zero-order valence-electron chi connectivity index (χ0n) is 11.9. The highest BCUT2D eigenvalue weighted by Gasteiger charge is 2.06. The first-order valence-electron chi connectivity index (χ1n) is 6.51. The van der Waals surface area contributed by atoms with Crippen LogP contribution in [0.25, 0.3) is 6.08 Å². The van der Waals surface area contributed by atoms with E-state index in [0.29, 0.717) is 5.56 Å². The molecule has 2 rings (SSSR count). The normalized spacial score (nSPS) is 10.8. The van der Waals surface area contributed by atoms with Crippen molar-refractivity contribution in [3.8, 4) is 0 Å². The van der Waals surface area contributed by atoms with Gasteiger partial charge in [-0.2, -0.15) is 0 Å². The average molecular weight is 281 g/mol. The van der Waals surface area contributed by atoms with Crippen molar-refractivity contribution in [2.45, 2.75) is 13.8 Å². The SMILES string of the molecule is Cc1ccc(C)c(C(=O)/C=C/c2ccc([N+](=O)[O-])cc2)c1. The van der Waals surface area contributed by atoms with E-state index in [0.717, 1.165) is 16.7 Å². The molecule has 0 amide bonds. The smallest absolute Gasteiger partial charge is 0.269 e. The number of nitro benzene ring substituents is 1. The number of nitro groups is 1. The Morgan fingerprint density at radius 1 is 1.10 bits per heavy atom. The van der Waals surface area contributed by atoms with Crippen LogP contribution in [0.1, 0.15) is 27.0 Å².